The van der Waals surface area contributed by atoms with E-state index in [2.05, 4.69) is 29.7 Å². The van der Waals surface area contributed by atoms with E-state index in [-0.39, 0.29) is 17.1 Å². The van der Waals surface area contributed by atoms with E-state index in [0.717, 1.165) is 61.9 Å². The summed E-state index contributed by atoms with van der Waals surface area (Å²) in [5, 5.41) is 20.7. The largest absolute Gasteiger partial charge is 0.506 e. The van der Waals surface area contributed by atoms with Crippen LogP contribution >= 0.6 is 0 Å². The Morgan fingerprint density at radius 3 is 1.61 bits per heavy atom. The van der Waals surface area contributed by atoms with Gasteiger partial charge in [-0.15, -0.1) is 0 Å². The fourth-order valence-corrected chi connectivity index (χ4v) is 4.50. The number of aromatic nitrogens is 3. The van der Waals surface area contributed by atoms with Crippen molar-refractivity contribution >= 4 is 0 Å². The van der Waals surface area contributed by atoms with Crippen LogP contribution in [0.4, 0.5) is 0 Å². The Morgan fingerprint density at radius 1 is 0.694 bits per heavy atom. The van der Waals surface area contributed by atoms with Gasteiger partial charge in [-0.05, 0) is 50.6 Å². The lowest BCUT2D eigenvalue weighted by Gasteiger charge is -2.26. The molecule has 9 heteroatoms. The first-order chi connectivity index (χ1) is 17.3. The highest BCUT2D eigenvalue weighted by Gasteiger charge is 2.20. The number of aromatic amines is 1. The monoisotopic (exact) mass is 492 g/mol. The minimum atomic E-state index is -0.0925. The van der Waals surface area contributed by atoms with Crippen LogP contribution in [0.15, 0.2) is 41.2 Å². The van der Waals surface area contributed by atoms with Gasteiger partial charge in [0.1, 0.15) is 11.5 Å². The van der Waals surface area contributed by atoms with Gasteiger partial charge < -0.3 is 15.2 Å². The molecule has 1 saturated heterocycles. The standard InChI is InChI=1S/C27H36N6O3/c1-19-4-9-27(36)30-22(19)16-31-10-12-32(17-23-25(34)7-5-20(2)28-23)14-15-33(13-11-31)18-24-26(35)8-6-21(3)29-24/h4-9,34-35H,10-18H2,1-3H3,(H,30,36). The first-order valence-electron chi connectivity index (χ1n) is 12.4. The Kier molecular flexibility index (Phi) is 8.35. The second kappa shape index (κ2) is 11.6. The zero-order valence-corrected chi connectivity index (χ0v) is 21.4. The van der Waals surface area contributed by atoms with Gasteiger partial charge in [-0.25, -0.2) is 0 Å². The molecule has 4 rings (SSSR count). The number of nitrogens with one attached hydrogen (secondary N) is 1. The van der Waals surface area contributed by atoms with Crippen molar-refractivity contribution in [2.45, 2.75) is 40.4 Å². The molecule has 4 heterocycles. The Hall–Kier alpha value is -3.27. The van der Waals surface area contributed by atoms with E-state index in [1.54, 1.807) is 18.2 Å². The highest BCUT2D eigenvalue weighted by atomic mass is 16.3. The van der Waals surface area contributed by atoms with Crippen LogP contribution in [-0.4, -0.2) is 79.1 Å². The summed E-state index contributed by atoms with van der Waals surface area (Å²) in [6.45, 7) is 12.4. The van der Waals surface area contributed by atoms with Crippen molar-refractivity contribution in [1.29, 1.82) is 0 Å². The number of hydrogen-bond acceptors (Lipinski definition) is 8. The third-order valence-electron chi connectivity index (χ3n) is 6.74. The topological polar surface area (TPSA) is 109 Å². The molecular weight excluding hydrogens is 456 g/mol. The number of nitrogens with zero attached hydrogens (tertiary/aromatic N) is 5. The van der Waals surface area contributed by atoms with Crippen molar-refractivity contribution in [3.05, 3.63) is 80.8 Å². The molecule has 0 spiro atoms. The van der Waals surface area contributed by atoms with E-state index in [9.17, 15) is 15.0 Å². The predicted molar refractivity (Wildman–Crippen MR) is 139 cm³/mol. The molecule has 1 fully saturated rings. The molecule has 0 atom stereocenters. The lowest BCUT2D eigenvalue weighted by molar-refractivity contribution is 0.204. The van der Waals surface area contributed by atoms with Crippen LogP contribution in [0.25, 0.3) is 0 Å². The molecule has 3 N–H and O–H groups in total. The number of aromatic hydroxyl groups is 2. The van der Waals surface area contributed by atoms with Crippen molar-refractivity contribution in [1.82, 2.24) is 29.7 Å². The predicted octanol–water partition coefficient (Wildman–Crippen LogP) is 2.32. The third kappa shape index (κ3) is 6.90. The van der Waals surface area contributed by atoms with E-state index in [0.29, 0.717) is 31.0 Å². The first-order valence-corrected chi connectivity index (χ1v) is 12.4. The average molecular weight is 493 g/mol. The number of aryl methyl sites for hydroxylation is 3. The van der Waals surface area contributed by atoms with Crippen LogP contribution < -0.4 is 5.56 Å². The second-order valence-corrected chi connectivity index (χ2v) is 9.65. The summed E-state index contributed by atoms with van der Waals surface area (Å²) >= 11 is 0. The summed E-state index contributed by atoms with van der Waals surface area (Å²) in [5.74, 6) is 0.418. The number of rotatable bonds is 6. The molecule has 3 aromatic rings. The maximum Gasteiger partial charge on any atom is 0.248 e. The SMILES string of the molecule is Cc1ccc(O)c(CN2CCN(Cc3nc(C)ccc3O)CCN(Cc3[nH]c(=O)ccc3C)CC2)n1. The summed E-state index contributed by atoms with van der Waals surface area (Å²) in [4.78, 5) is 31.0. The maximum atomic E-state index is 11.9. The normalized spacial score (nSPS) is 16.4. The molecule has 0 radical (unpaired) electrons. The molecule has 1 aliphatic heterocycles. The molecule has 3 aromatic heterocycles. The molecule has 9 nitrogen and oxygen atoms in total. The maximum absolute atomic E-state index is 11.9. The molecule has 0 aliphatic carbocycles. The zero-order valence-electron chi connectivity index (χ0n) is 21.4. The van der Waals surface area contributed by atoms with Crippen LogP contribution in [0, 0.1) is 20.8 Å². The number of H-pyrrole nitrogens is 1. The Morgan fingerprint density at radius 2 is 1.14 bits per heavy atom. The van der Waals surface area contributed by atoms with Crippen LogP contribution in [0.5, 0.6) is 11.5 Å². The molecule has 0 amide bonds. The van der Waals surface area contributed by atoms with Crippen LogP contribution in [0.2, 0.25) is 0 Å². The first kappa shape index (κ1) is 25.8. The van der Waals surface area contributed by atoms with Gasteiger partial charge in [0, 0.05) is 82.1 Å². The second-order valence-electron chi connectivity index (χ2n) is 9.65. The summed E-state index contributed by atoms with van der Waals surface area (Å²) in [7, 11) is 0. The quantitative estimate of drug-likeness (QED) is 0.481. The fraction of sp³-hybridized carbons (Fsp3) is 0.444. The molecule has 36 heavy (non-hydrogen) atoms. The molecular formula is C27H36N6O3. The summed E-state index contributed by atoms with van der Waals surface area (Å²) < 4.78 is 0. The summed E-state index contributed by atoms with van der Waals surface area (Å²) in [6.07, 6.45) is 0. The van der Waals surface area contributed by atoms with Gasteiger partial charge >= 0.3 is 0 Å². The van der Waals surface area contributed by atoms with Crippen molar-refractivity contribution < 1.29 is 10.2 Å². The Balaban J connectivity index is 1.55. The smallest absolute Gasteiger partial charge is 0.248 e. The lowest BCUT2D eigenvalue weighted by Crippen LogP contribution is -2.36. The van der Waals surface area contributed by atoms with E-state index < -0.39 is 0 Å². The molecule has 0 bridgehead atoms. The zero-order chi connectivity index (χ0) is 25.7. The Labute approximate surface area is 212 Å². The van der Waals surface area contributed by atoms with Crippen molar-refractivity contribution in [2.75, 3.05) is 39.3 Å². The van der Waals surface area contributed by atoms with Crippen molar-refractivity contribution in [2.24, 2.45) is 0 Å². The van der Waals surface area contributed by atoms with Crippen LogP contribution in [0.3, 0.4) is 0 Å². The summed E-state index contributed by atoms with van der Waals surface area (Å²) in [5.41, 5.74) is 4.99. The number of pyridine rings is 3. The van der Waals surface area contributed by atoms with Gasteiger partial charge in [0.15, 0.2) is 0 Å². The van der Waals surface area contributed by atoms with Crippen LogP contribution in [-0.2, 0) is 19.6 Å². The van der Waals surface area contributed by atoms with Crippen molar-refractivity contribution in [3.8, 4) is 11.5 Å². The van der Waals surface area contributed by atoms with Gasteiger partial charge in [0.2, 0.25) is 5.56 Å². The Bertz CT molecular complexity index is 1180. The average Bonchev–Trinajstić information content (AvgIpc) is 2.93. The molecule has 192 valence electrons. The van der Waals surface area contributed by atoms with Gasteiger partial charge in [0.05, 0.1) is 11.4 Å². The number of hydrogen-bond donors (Lipinski definition) is 3. The minimum absolute atomic E-state index is 0.0925. The molecule has 0 saturated carbocycles. The molecule has 0 aromatic carbocycles. The van der Waals surface area contributed by atoms with E-state index in [1.807, 2.05) is 39.0 Å². The van der Waals surface area contributed by atoms with Crippen molar-refractivity contribution in [3.63, 3.8) is 0 Å². The minimum Gasteiger partial charge on any atom is -0.506 e. The van der Waals surface area contributed by atoms with Gasteiger partial charge in [0.25, 0.3) is 0 Å². The van der Waals surface area contributed by atoms with E-state index >= 15 is 0 Å². The van der Waals surface area contributed by atoms with Gasteiger partial charge in [-0.3, -0.25) is 29.5 Å². The lowest BCUT2D eigenvalue weighted by atomic mass is 10.2. The van der Waals surface area contributed by atoms with Gasteiger partial charge in [-0.1, -0.05) is 6.07 Å². The van der Waals surface area contributed by atoms with E-state index in [4.69, 9.17) is 0 Å². The third-order valence-corrected chi connectivity index (χ3v) is 6.74. The van der Waals surface area contributed by atoms with Crippen LogP contribution in [0.1, 0.15) is 34.0 Å². The molecule has 1 aliphatic rings. The highest BCUT2D eigenvalue weighted by Crippen LogP contribution is 2.20. The summed E-state index contributed by atoms with van der Waals surface area (Å²) in [6, 6.07) is 10.4. The highest BCUT2D eigenvalue weighted by molar-refractivity contribution is 5.28. The van der Waals surface area contributed by atoms with E-state index in [1.165, 1.54) is 0 Å². The molecule has 0 unspecified atom stereocenters. The fourth-order valence-electron chi connectivity index (χ4n) is 4.50. The van der Waals surface area contributed by atoms with Gasteiger partial charge in [-0.2, -0.15) is 0 Å².